The van der Waals surface area contributed by atoms with Crippen LogP contribution in [0.5, 0.6) is 0 Å². The van der Waals surface area contributed by atoms with Crippen molar-refractivity contribution in [2.75, 3.05) is 13.1 Å². The number of hydrogen-bond acceptors (Lipinski definition) is 4. The molecule has 1 amide bonds. The molecule has 31 heavy (non-hydrogen) atoms. The Morgan fingerprint density at radius 2 is 1.97 bits per heavy atom. The van der Waals surface area contributed by atoms with Crippen LogP contribution in [-0.4, -0.2) is 43.6 Å². The van der Waals surface area contributed by atoms with E-state index in [1.54, 1.807) is 16.8 Å². The number of pyridine rings is 1. The van der Waals surface area contributed by atoms with Crippen molar-refractivity contribution in [3.8, 4) is 0 Å². The number of piperidine rings is 1. The Hall–Kier alpha value is -3.09. The number of likely N-dealkylation sites (tertiary alicyclic amines) is 1. The minimum Gasteiger partial charge on any atom is -0.340 e. The van der Waals surface area contributed by atoms with E-state index in [0.29, 0.717) is 18.8 Å². The topological polar surface area (TPSA) is 63.9 Å². The Kier molecular flexibility index (Phi) is 6.11. The highest BCUT2D eigenvalue weighted by Gasteiger charge is 2.26. The summed E-state index contributed by atoms with van der Waals surface area (Å²) in [5.41, 5.74) is 4.01. The van der Waals surface area contributed by atoms with Gasteiger partial charge in [-0.15, -0.1) is 0 Å². The standard InChI is InChI=1S/C24H28FN5O/c1-16-10-20(11-19-6-4-8-22(25)12-19)13-23(26-16)21-7-5-9-29(14-21)24(31)15-30-18(3)27-17(2)28-30/h4,6,8,10,12-13,21H,5,7,9,11,14-15H2,1-3H3/t21-/m1/s1. The van der Waals surface area contributed by atoms with Crippen LogP contribution in [0.25, 0.3) is 0 Å². The number of nitrogens with zero attached hydrogens (tertiary/aromatic N) is 5. The van der Waals surface area contributed by atoms with Crippen molar-refractivity contribution in [2.45, 2.75) is 52.5 Å². The van der Waals surface area contributed by atoms with Gasteiger partial charge in [-0.1, -0.05) is 12.1 Å². The van der Waals surface area contributed by atoms with Crippen molar-refractivity contribution in [3.05, 3.63) is 76.4 Å². The van der Waals surface area contributed by atoms with E-state index in [4.69, 9.17) is 4.98 Å². The lowest BCUT2D eigenvalue weighted by Gasteiger charge is -2.33. The van der Waals surface area contributed by atoms with Crippen LogP contribution in [0.3, 0.4) is 0 Å². The SMILES string of the molecule is Cc1cc(Cc2cccc(F)c2)cc([C@@H]2CCCN(C(=O)Cn3nc(C)nc3C)C2)n1. The quantitative estimate of drug-likeness (QED) is 0.630. The summed E-state index contributed by atoms with van der Waals surface area (Å²) in [5.74, 6) is 1.47. The van der Waals surface area contributed by atoms with Gasteiger partial charge < -0.3 is 4.90 Å². The largest absolute Gasteiger partial charge is 0.340 e. The van der Waals surface area contributed by atoms with E-state index in [0.717, 1.165) is 47.7 Å². The van der Waals surface area contributed by atoms with Crippen molar-refractivity contribution in [3.63, 3.8) is 0 Å². The number of carbonyl (C=O) groups is 1. The highest BCUT2D eigenvalue weighted by Crippen LogP contribution is 2.27. The summed E-state index contributed by atoms with van der Waals surface area (Å²) in [7, 11) is 0. The van der Waals surface area contributed by atoms with Crippen molar-refractivity contribution >= 4 is 5.91 Å². The molecule has 3 heterocycles. The monoisotopic (exact) mass is 421 g/mol. The van der Waals surface area contributed by atoms with E-state index in [9.17, 15) is 9.18 Å². The van der Waals surface area contributed by atoms with Crippen LogP contribution in [0, 0.1) is 26.6 Å². The van der Waals surface area contributed by atoms with Crippen LogP contribution in [0.1, 0.15) is 52.9 Å². The fraction of sp³-hybridized carbons (Fsp3) is 0.417. The first-order valence-corrected chi connectivity index (χ1v) is 10.7. The molecule has 0 spiro atoms. The van der Waals surface area contributed by atoms with Gasteiger partial charge in [0, 0.05) is 30.4 Å². The number of amides is 1. The zero-order valence-corrected chi connectivity index (χ0v) is 18.3. The number of aryl methyl sites for hydroxylation is 3. The Bertz CT molecular complexity index is 1090. The predicted molar refractivity (Wildman–Crippen MR) is 116 cm³/mol. The fourth-order valence-corrected chi connectivity index (χ4v) is 4.35. The molecular formula is C24H28FN5O. The Balaban J connectivity index is 1.48. The number of halogens is 1. The van der Waals surface area contributed by atoms with Crippen LogP contribution >= 0.6 is 0 Å². The molecule has 162 valence electrons. The van der Waals surface area contributed by atoms with E-state index >= 15 is 0 Å². The van der Waals surface area contributed by atoms with E-state index in [1.165, 1.54) is 6.07 Å². The summed E-state index contributed by atoms with van der Waals surface area (Å²) < 4.78 is 15.2. The third kappa shape index (κ3) is 5.16. The first-order chi connectivity index (χ1) is 14.9. The maximum atomic E-state index is 13.6. The van der Waals surface area contributed by atoms with Gasteiger partial charge in [-0.3, -0.25) is 9.78 Å². The molecule has 0 radical (unpaired) electrons. The van der Waals surface area contributed by atoms with Crippen molar-refractivity contribution in [2.24, 2.45) is 0 Å². The summed E-state index contributed by atoms with van der Waals surface area (Å²) in [6.45, 7) is 7.30. The third-order valence-electron chi connectivity index (χ3n) is 5.77. The second-order valence-electron chi connectivity index (χ2n) is 8.39. The normalized spacial score (nSPS) is 16.5. The van der Waals surface area contributed by atoms with E-state index in [1.807, 2.05) is 31.7 Å². The lowest BCUT2D eigenvalue weighted by Crippen LogP contribution is -2.41. The van der Waals surface area contributed by atoms with Crippen molar-refractivity contribution in [1.29, 1.82) is 0 Å². The molecule has 1 fully saturated rings. The molecule has 0 bridgehead atoms. The Labute approximate surface area is 182 Å². The molecule has 4 rings (SSSR count). The van der Waals surface area contributed by atoms with Crippen molar-refractivity contribution in [1.82, 2.24) is 24.6 Å². The molecule has 1 aromatic carbocycles. The maximum Gasteiger partial charge on any atom is 0.244 e. The number of aromatic nitrogens is 4. The van der Waals surface area contributed by atoms with Gasteiger partial charge >= 0.3 is 0 Å². The van der Waals surface area contributed by atoms with Crippen LogP contribution in [0.15, 0.2) is 36.4 Å². The fourth-order valence-electron chi connectivity index (χ4n) is 4.35. The lowest BCUT2D eigenvalue weighted by molar-refractivity contribution is -0.133. The van der Waals surface area contributed by atoms with E-state index < -0.39 is 0 Å². The zero-order valence-electron chi connectivity index (χ0n) is 18.3. The molecule has 7 heteroatoms. The number of carbonyl (C=O) groups excluding carboxylic acids is 1. The summed E-state index contributed by atoms with van der Waals surface area (Å²) in [5, 5.41) is 4.31. The highest BCUT2D eigenvalue weighted by atomic mass is 19.1. The molecule has 1 saturated heterocycles. The van der Waals surface area contributed by atoms with Gasteiger partial charge in [0.1, 0.15) is 24.0 Å². The Morgan fingerprint density at radius 1 is 1.13 bits per heavy atom. The molecular weight excluding hydrogens is 393 g/mol. The number of benzene rings is 1. The molecule has 3 aromatic rings. The van der Waals surface area contributed by atoms with Gasteiger partial charge in [0.2, 0.25) is 5.91 Å². The first kappa shape index (κ1) is 21.2. The maximum absolute atomic E-state index is 13.6. The van der Waals surface area contributed by atoms with E-state index in [-0.39, 0.29) is 24.2 Å². The molecule has 1 aliphatic heterocycles. The minimum atomic E-state index is -0.220. The van der Waals surface area contributed by atoms with Crippen LogP contribution in [-0.2, 0) is 17.8 Å². The molecule has 2 aromatic heterocycles. The summed E-state index contributed by atoms with van der Waals surface area (Å²) >= 11 is 0. The summed E-state index contributed by atoms with van der Waals surface area (Å²) in [4.78, 5) is 23.9. The molecule has 0 unspecified atom stereocenters. The second kappa shape index (κ2) is 8.96. The minimum absolute atomic E-state index is 0.0605. The average molecular weight is 422 g/mol. The van der Waals surface area contributed by atoms with E-state index in [2.05, 4.69) is 22.2 Å². The smallest absolute Gasteiger partial charge is 0.244 e. The molecule has 0 aliphatic carbocycles. The second-order valence-corrected chi connectivity index (χ2v) is 8.39. The summed E-state index contributed by atoms with van der Waals surface area (Å²) in [6.07, 6.45) is 2.61. The zero-order chi connectivity index (χ0) is 22.0. The molecule has 0 N–H and O–H groups in total. The Morgan fingerprint density at radius 3 is 2.71 bits per heavy atom. The van der Waals surface area contributed by atoms with Gasteiger partial charge in [0.15, 0.2) is 0 Å². The average Bonchev–Trinajstić information content (AvgIpc) is 3.04. The van der Waals surface area contributed by atoms with Crippen molar-refractivity contribution < 1.29 is 9.18 Å². The van der Waals surface area contributed by atoms with Gasteiger partial charge in [-0.2, -0.15) is 5.10 Å². The van der Waals surface area contributed by atoms with Crippen LogP contribution in [0.2, 0.25) is 0 Å². The predicted octanol–water partition coefficient (Wildman–Crippen LogP) is 3.73. The third-order valence-corrected chi connectivity index (χ3v) is 5.77. The van der Waals surface area contributed by atoms with Gasteiger partial charge in [-0.05, 0) is 75.4 Å². The molecule has 1 atom stereocenters. The lowest BCUT2D eigenvalue weighted by atomic mass is 9.92. The molecule has 1 aliphatic rings. The van der Waals surface area contributed by atoms with Gasteiger partial charge in [-0.25, -0.2) is 14.1 Å². The van der Waals surface area contributed by atoms with Crippen LogP contribution < -0.4 is 0 Å². The number of rotatable bonds is 5. The summed E-state index contributed by atoms with van der Waals surface area (Å²) in [6, 6.07) is 10.9. The van der Waals surface area contributed by atoms with Gasteiger partial charge in [0.05, 0.1) is 0 Å². The molecule has 0 saturated carbocycles. The number of hydrogen-bond donors (Lipinski definition) is 0. The highest BCUT2D eigenvalue weighted by molar-refractivity contribution is 5.76. The van der Waals surface area contributed by atoms with Gasteiger partial charge in [0.25, 0.3) is 0 Å². The molecule has 6 nitrogen and oxygen atoms in total. The van der Waals surface area contributed by atoms with Crippen LogP contribution in [0.4, 0.5) is 4.39 Å². The first-order valence-electron chi connectivity index (χ1n) is 10.7.